The van der Waals surface area contributed by atoms with Crippen molar-refractivity contribution in [2.24, 2.45) is 0 Å². The highest BCUT2D eigenvalue weighted by molar-refractivity contribution is 5.38. The molecule has 0 aliphatic rings. The van der Waals surface area contributed by atoms with Crippen molar-refractivity contribution >= 4 is 0 Å². The largest absolute Gasteiger partial charge is 0.497 e. The molecule has 0 spiro atoms. The van der Waals surface area contributed by atoms with E-state index in [1.807, 2.05) is 30.3 Å². The van der Waals surface area contributed by atoms with Gasteiger partial charge in [0.15, 0.2) is 0 Å². The summed E-state index contributed by atoms with van der Waals surface area (Å²) in [5, 5.41) is 8.78. The molecule has 0 aliphatic heterocycles. The predicted molar refractivity (Wildman–Crippen MR) is 66.9 cm³/mol. The third-order valence-electron chi connectivity index (χ3n) is 2.69. The summed E-state index contributed by atoms with van der Waals surface area (Å²) >= 11 is 0. The first-order chi connectivity index (χ1) is 8.72. The van der Waals surface area contributed by atoms with E-state index in [0.717, 1.165) is 16.9 Å². The van der Waals surface area contributed by atoms with Gasteiger partial charge in [0.1, 0.15) is 17.6 Å². The summed E-state index contributed by atoms with van der Waals surface area (Å²) in [6, 6.07) is 14.1. The van der Waals surface area contributed by atoms with Crippen molar-refractivity contribution in [3.05, 3.63) is 65.0 Å². The van der Waals surface area contributed by atoms with E-state index in [1.165, 1.54) is 6.07 Å². The average molecular weight is 241 g/mol. The lowest BCUT2D eigenvalue weighted by molar-refractivity contribution is 0.414. The topological polar surface area (TPSA) is 33.0 Å². The van der Waals surface area contributed by atoms with E-state index in [1.54, 1.807) is 19.2 Å². The number of rotatable bonds is 3. The van der Waals surface area contributed by atoms with Gasteiger partial charge in [-0.1, -0.05) is 18.2 Å². The quantitative estimate of drug-likeness (QED) is 0.826. The summed E-state index contributed by atoms with van der Waals surface area (Å²) in [6.45, 7) is 0. The van der Waals surface area contributed by atoms with Crippen LogP contribution in [0.5, 0.6) is 5.75 Å². The van der Waals surface area contributed by atoms with Crippen molar-refractivity contribution < 1.29 is 9.13 Å². The zero-order valence-corrected chi connectivity index (χ0v) is 9.98. The van der Waals surface area contributed by atoms with Crippen LogP contribution in [0.25, 0.3) is 0 Å². The van der Waals surface area contributed by atoms with Crippen LogP contribution in [0, 0.1) is 17.1 Å². The number of nitrogens with zero attached hydrogens (tertiary/aromatic N) is 1. The van der Waals surface area contributed by atoms with Crippen LogP contribution in [-0.4, -0.2) is 7.11 Å². The van der Waals surface area contributed by atoms with Crippen LogP contribution in [0.4, 0.5) is 4.39 Å². The summed E-state index contributed by atoms with van der Waals surface area (Å²) in [5.74, 6) is 0.307. The minimum absolute atomic E-state index is 0.0791. The molecule has 2 aromatic carbocycles. The van der Waals surface area contributed by atoms with E-state index in [0.29, 0.717) is 6.42 Å². The van der Waals surface area contributed by atoms with Gasteiger partial charge in [0.25, 0.3) is 0 Å². The number of ether oxygens (including phenoxy) is 1. The highest BCUT2D eigenvalue weighted by Gasteiger charge is 2.04. The van der Waals surface area contributed by atoms with E-state index in [-0.39, 0.29) is 5.56 Å². The third kappa shape index (κ3) is 2.67. The molecule has 0 saturated carbocycles. The molecule has 0 saturated heterocycles. The molecular weight excluding hydrogens is 229 g/mol. The van der Waals surface area contributed by atoms with E-state index < -0.39 is 5.82 Å². The normalized spacial score (nSPS) is 9.83. The van der Waals surface area contributed by atoms with Crippen molar-refractivity contribution in [1.29, 1.82) is 5.26 Å². The third-order valence-corrected chi connectivity index (χ3v) is 2.69. The number of hydrogen-bond donors (Lipinski definition) is 0. The molecule has 0 aromatic heterocycles. The standard InChI is InChI=1S/C15H12FNO/c1-18-14-4-2-3-11(9-14)7-12-5-6-15(16)13(8-12)10-17/h2-6,8-9H,7H2,1H3. The Kier molecular flexibility index (Phi) is 3.59. The zero-order chi connectivity index (χ0) is 13.0. The molecule has 90 valence electrons. The second kappa shape index (κ2) is 5.33. The number of halogens is 1. The van der Waals surface area contributed by atoms with Gasteiger partial charge in [0.2, 0.25) is 0 Å². The Morgan fingerprint density at radius 3 is 2.67 bits per heavy atom. The Morgan fingerprint density at radius 2 is 1.94 bits per heavy atom. The molecule has 0 heterocycles. The Balaban J connectivity index is 2.26. The SMILES string of the molecule is COc1cccc(Cc2ccc(F)c(C#N)c2)c1. The molecule has 0 N–H and O–H groups in total. The molecule has 2 rings (SSSR count). The van der Waals surface area contributed by atoms with Gasteiger partial charge in [0.05, 0.1) is 12.7 Å². The molecule has 0 atom stereocenters. The molecule has 2 nitrogen and oxygen atoms in total. The number of hydrogen-bond acceptors (Lipinski definition) is 2. The Morgan fingerprint density at radius 1 is 1.17 bits per heavy atom. The second-order valence-corrected chi connectivity index (χ2v) is 3.95. The molecule has 0 unspecified atom stereocenters. The Labute approximate surface area is 105 Å². The van der Waals surface area contributed by atoms with Gasteiger partial charge in [-0.15, -0.1) is 0 Å². The molecule has 0 fully saturated rings. The van der Waals surface area contributed by atoms with Crippen molar-refractivity contribution in [3.63, 3.8) is 0 Å². The van der Waals surface area contributed by atoms with Crippen LogP contribution >= 0.6 is 0 Å². The summed E-state index contributed by atoms with van der Waals surface area (Å²) in [7, 11) is 1.62. The number of nitriles is 1. The smallest absolute Gasteiger partial charge is 0.140 e. The fourth-order valence-electron chi connectivity index (χ4n) is 1.79. The fraction of sp³-hybridized carbons (Fsp3) is 0.133. The minimum atomic E-state index is -0.480. The monoisotopic (exact) mass is 241 g/mol. The van der Waals surface area contributed by atoms with Crippen LogP contribution in [0.3, 0.4) is 0 Å². The van der Waals surface area contributed by atoms with Crippen molar-refractivity contribution in [2.75, 3.05) is 7.11 Å². The van der Waals surface area contributed by atoms with Crippen molar-refractivity contribution in [2.45, 2.75) is 6.42 Å². The van der Waals surface area contributed by atoms with Crippen LogP contribution < -0.4 is 4.74 Å². The zero-order valence-electron chi connectivity index (χ0n) is 9.98. The predicted octanol–water partition coefficient (Wildman–Crippen LogP) is 3.30. The van der Waals surface area contributed by atoms with Gasteiger partial charge in [-0.25, -0.2) is 4.39 Å². The maximum Gasteiger partial charge on any atom is 0.140 e. The molecule has 0 amide bonds. The maximum atomic E-state index is 13.2. The molecule has 0 bridgehead atoms. The van der Waals surface area contributed by atoms with Crippen LogP contribution in [0.2, 0.25) is 0 Å². The molecule has 2 aromatic rings. The van der Waals surface area contributed by atoms with Crippen LogP contribution in [0.1, 0.15) is 16.7 Å². The first-order valence-electron chi connectivity index (χ1n) is 5.54. The molecule has 18 heavy (non-hydrogen) atoms. The number of methoxy groups -OCH3 is 1. The van der Waals surface area contributed by atoms with E-state index in [4.69, 9.17) is 10.00 Å². The summed E-state index contributed by atoms with van der Waals surface area (Å²) < 4.78 is 18.3. The Hall–Kier alpha value is -2.34. The van der Waals surface area contributed by atoms with Gasteiger partial charge in [-0.3, -0.25) is 0 Å². The highest BCUT2D eigenvalue weighted by atomic mass is 19.1. The lowest BCUT2D eigenvalue weighted by Crippen LogP contribution is -1.92. The Bertz CT molecular complexity index is 602. The van der Waals surface area contributed by atoms with Gasteiger partial charge in [-0.2, -0.15) is 5.26 Å². The van der Waals surface area contributed by atoms with Crippen LogP contribution in [-0.2, 0) is 6.42 Å². The first-order valence-corrected chi connectivity index (χ1v) is 5.54. The van der Waals surface area contributed by atoms with Gasteiger partial charge >= 0.3 is 0 Å². The number of benzene rings is 2. The van der Waals surface area contributed by atoms with Crippen molar-refractivity contribution in [3.8, 4) is 11.8 Å². The van der Waals surface area contributed by atoms with Crippen molar-refractivity contribution in [1.82, 2.24) is 0 Å². The first kappa shape index (κ1) is 12.1. The lowest BCUT2D eigenvalue weighted by Gasteiger charge is -2.05. The van der Waals surface area contributed by atoms with Crippen LogP contribution in [0.15, 0.2) is 42.5 Å². The summed E-state index contributed by atoms with van der Waals surface area (Å²) in [4.78, 5) is 0. The van der Waals surface area contributed by atoms with E-state index in [2.05, 4.69) is 0 Å². The second-order valence-electron chi connectivity index (χ2n) is 3.95. The van der Waals surface area contributed by atoms with Gasteiger partial charge < -0.3 is 4.74 Å². The summed E-state index contributed by atoms with van der Waals surface area (Å²) in [6.07, 6.45) is 0.645. The average Bonchev–Trinajstić information content (AvgIpc) is 2.41. The van der Waals surface area contributed by atoms with E-state index >= 15 is 0 Å². The summed E-state index contributed by atoms with van der Waals surface area (Å²) in [5.41, 5.74) is 2.04. The lowest BCUT2D eigenvalue weighted by atomic mass is 10.0. The maximum absolute atomic E-state index is 13.2. The minimum Gasteiger partial charge on any atom is -0.497 e. The fourth-order valence-corrected chi connectivity index (χ4v) is 1.79. The van der Waals surface area contributed by atoms with Gasteiger partial charge in [-0.05, 0) is 41.8 Å². The molecule has 0 aliphatic carbocycles. The van der Waals surface area contributed by atoms with E-state index in [9.17, 15) is 4.39 Å². The molecule has 0 radical (unpaired) electrons. The molecular formula is C15H12FNO. The molecule has 3 heteroatoms. The highest BCUT2D eigenvalue weighted by Crippen LogP contribution is 2.17. The van der Waals surface area contributed by atoms with Gasteiger partial charge in [0, 0.05) is 0 Å².